The van der Waals surface area contributed by atoms with Crippen LogP contribution in [0.5, 0.6) is 5.75 Å². The summed E-state index contributed by atoms with van der Waals surface area (Å²) in [5, 5.41) is 6.47. The molecule has 0 saturated carbocycles. The number of nitrogens with one attached hydrogen (secondary N) is 2. The largest absolute Gasteiger partial charge is 0.491 e. The van der Waals surface area contributed by atoms with Crippen LogP contribution in [-0.4, -0.2) is 45.4 Å². The summed E-state index contributed by atoms with van der Waals surface area (Å²) < 4.78 is 11.2. The lowest BCUT2D eigenvalue weighted by molar-refractivity contribution is 0.0268. The molecule has 0 aliphatic heterocycles. The molecule has 0 aliphatic rings. The third-order valence-corrected chi connectivity index (χ3v) is 3.51. The average Bonchev–Trinajstić information content (AvgIpc) is 2.49. The van der Waals surface area contributed by atoms with E-state index in [9.17, 15) is 0 Å². The van der Waals surface area contributed by atoms with Crippen LogP contribution in [0.25, 0.3) is 0 Å². The second-order valence-corrected chi connectivity index (χ2v) is 5.89. The number of hydrogen-bond acceptors (Lipinski definition) is 3. The Hall–Kier alpha value is -1.75. The van der Waals surface area contributed by atoms with Gasteiger partial charge in [0.15, 0.2) is 5.96 Å². The second kappa shape index (κ2) is 8.63. The number of para-hydroxylation sites is 1. The van der Waals surface area contributed by atoms with E-state index in [0.29, 0.717) is 19.7 Å². The molecule has 0 heterocycles. The standard InChI is InChI=1S/C17H29N3O2/c1-13-8-7-9-14(2)15(13)22-11-10-19-16(18-5)20-12-17(3,4)21-6/h7-9H,10-12H2,1-6H3,(H2,18,19,20). The van der Waals surface area contributed by atoms with Gasteiger partial charge in [0.25, 0.3) is 0 Å². The summed E-state index contributed by atoms with van der Waals surface area (Å²) in [6.07, 6.45) is 0. The van der Waals surface area contributed by atoms with Gasteiger partial charge in [0.1, 0.15) is 12.4 Å². The number of benzene rings is 1. The summed E-state index contributed by atoms with van der Waals surface area (Å²) in [6.45, 7) is 10.1. The molecule has 0 unspecified atom stereocenters. The van der Waals surface area contributed by atoms with E-state index in [1.54, 1.807) is 14.2 Å². The highest BCUT2D eigenvalue weighted by atomic mass is 16.5. The van der Waals surface area contributed by atoms with Crippen molar-refractivity contribution in [1.82, 2.24) is 10.6 Å². The number of rotatable bonds is 7. The number of ether oxygens (including phenoxy) is 2. The monoisotopic (exact) mass is 307 g/mol. The lowest BCUT2D eigenvalue weighted by Gasteiger charge is -2.24. The van der Waals surface area contributed by atoms with E-state index in [1.165, 1.54) is 0 Å². The molecular formula is C17H29N3O2. The van der Waals surface area contributed by atoms with E-state index in [1.807, 2.05) is 19.9 Å². The number of methoxy groups -OCH3 is 1. The molecule has 5 heteroatoms. The van der Waals surface area contributed by atoms with Gasteiger partial charge in [0.2, 0.25) is 0 Å². The minimum atomic E-state index is -0.230. The topological polar surface area (TPSA) is 54.9 Å². The average molecular weight is 307 g/mol. The fraction of sp³-hybridized carbons (Fsp3) is 0.588. The molecule has 0 fully saturated rings. The Kier molecular flexibility index (Phi) is 7.18. The molecule has 0 saturated heterocycles. The number of aryl methyl sites for hydroxylation is 2. The predicted octanol–water partition coefficient (Wildman–Crippen LogP) is 2.27. The molecule has 5 nitrogen and oxygen atoms in total. The first-order chi connectivity index (χ1) is 10.4. The van der Waals surface area contributed by atoms with Gasteiger partial charge in [-0.25, -0.2) is 0 Å². The van der Waals surface area contributed by atoms with Crippen molar-refractivity contribution in [1.29, 1.82) is 0 Å². The summed E-state index contributed by atoms with van der Waals surface area (Å²) in [4.78, 5) is 4.19. The maximum atomic E-state index is 5.86. The number of aliphatic imine (C=N–C) groups is 1. The highest BCUT2D eigenvalue weighted by Gasteiger charge is 2.16. The quantitative estimate of drug-likeness (QED) is 0.461. The zero-order valence-corrected chi connectivity index (χ0v) is 14.6. The van der Waals surface area contributed by atoms with E-state index < -0.39 is 0 Å². The summed E-state index contributed by atoms with van der Waals surface area (Å²) in [5.74, 6) is 1.71. The number of guanidine groups is 1. The minimum absolute atomic E-state index is 0.230. The molecule has 0 atom stereocenters. The normalized spacial score (nSPS) is 12.2. The van der Waals surface area contributed by atoms with Gasteiger partial charge in [-0.3, -0.25) is 4.99 Å². The fourth-order valence-corrected chi connectivity index (χ4v) is 1.94. The van der Waals surface area contributed by atoms with Crippen LogP contribution in [0.1, 0.15) is 25.0 Å². The van der Waals surface area contributed by atoms with Gasteiger partial charge in [-0.15, -0.1) is 0 Å². The van der Waals surface area contributed by atoms with Gasteiger partial charge in [-0.05, 0) is 38.8 Å². The van der Waals surface area contributed by atoms with Crippen LogP contribution in [-0.2, 0) is 4.74 Å². The molecule has 124 valence electrons. The van der Waals surface area contributed by atoms with Crippen molar-refractivity contribution < 1.29 is 9.47 Å². The van der Waals surface area contributed by atoms with Crippen molar-refractivity contribution in [3.63, 3.8) is 0 Å². The van der Waals surface area contributed by atoms with Crippen molar-refractivity contribution in [2.45, 2.75) is 33.3 Å². The van der Waals surface area contributed by atoms with Crippen molar-refractivity contribution >= 4 is 5.96 Å². The third kappa shape index (κ3) is 5.93. The van der Waals surface area contributed by atoms with E-state index in [2.05, 4.69) is 41.6 Å². The van der Waals surface area contributed by atoms with Gasteiger partial charge < -0.3 is 20.1 Å². The fourth-order valence-electron chi connectivity index (χ4n) is 1.94. The summed E-state index contributed by atoms with van der Waals surface area (Å²) >= 11 is 0. The Labute approximate surface area is 134 Å². The molecule has 0 radical (unpaired) electrons. The van der Waals surface area contributed by atoms with Crippen LogP contribution >= 0.6 is 0 Å². The molecule has 0 aromatic heterocycles. The van der Waals surface area contributed by atoms with Crippen molar-refractivity contribution in [3.05, 3.63) is 29.3 Å². The molecule has 0 aliphatic carbocycles. The summed E-state index contributed by atoms with van der Waals surface area (Å²) in [6, 6.07) is 6.16. The number of nitrogens with zero attached hydrogens (tertiary/aromatic N) is 1. The molecular weight excluding hydrogens is 278 g/mol. The SMILES string of the molecule is CN=C(NCCOc1c(C)cccc1C)NCC(C)(C)OC. The van der Waals surface area contributed by atoms with Crippen LogP contribution < -0.4 is 15.4 Å². The Morgan fingerprint density at radius 3 is 2.36 bits per heavy atom. The molecule has 0 amide bonds. The van der Waals surface area contributed by atoms with E-state index in [4.69, 9.17) is 9.47 Å². The van der Waals surface area contributed by atoms with E-state index in [0.717, 1.165) is 22.8 Å². The Bertz CT molecular complexity index is 478. The zero-order chi connectivity index (χ0) is 16.6. The molecule has 0 spiro atoms. The Morgan fingerprint density at radius 1 is 1.18 bits per heavy atom. The van der Waals surface area contributed by atoms with Gasteiger partial charge in [-0.2, -0.15) is 0 Å². The smallest absolute Gasteiger partial charge is 0.191 e. The second-order valence-electron chi connectivity index (χ2n) is 5.89. The van der Waals surface area contributed by atoms with Crippen LogP contribution in [0, 0.1) is 13.8 Å². The third-order valence-electron chi connectivity index (χ3n) is 3.51. The van der Waals surface area contributed by atoms with Gasteiger partial charge >= 0.3 is 0 Å². The van der Waals surface area contributed by atoms with Crippen LogP contribution in [0.4, 0.5) is 0 Å². The van der Waals surface area contributed by atoms with Crippen LogP contribution in [0.2, 0.25) is 0 Å². The van der Waals surface area contributed by atoms with Crippen molar-refractivity contribution in [2.75, 3.05) is 33.9 Å². The molecule has 1 rings (SSSR count). The molecule has 1 aromatic rings. The first-order valence-corrected chi connectivity index (χ1v) is 7.58. The van der Waals surface area contributed by atoms with Gasteiger partial charge in [0, 0.05) is 20.7 Å². The number of hydrogen-bond donors (Lipinski definition) is 2. The maximum Gasteiger partial charge on any atom is 0.191 e. The Morgan fingerprint density at radius 2 is 1.82 bits per heavy atom. The van der Waals surface area contributed by atoms with Crippen LogP contribution in [0.3, 0.4) is 0 Å². The first kappa shape index (κ1) is 18.3. The maximum absolute atomic E-state index is 5.86. The van der Waals surface area contributed by atoms with E-state index in [-0.39, 0.29) is 5.60 Å². The van der Waals surface area contributed by atoms with Crippen molar-refractivity contribution in [3.8, 4) is 5.75 Å². The summed E-state index contributed by atoms with van der Waals surface area (Å²) in [5.41, 5.74) is 2.08. The lowest BCUT2D eigenvalue weighted by Crippen LogP contribution is -2.46. The minimum Gasteiger partial charge on any atom is -0.491 e. The molecule has 2 N–H and O–H groups in total. The highest BCUT2D eigenvalue weighted by molar-refractivity contribution is 5.79. The highest BCUT2D eigenvalue weighted by Crippen LogP contribution is 2.21. The predicted molar refractivity (Wildman–Crippen MR) is 91.9 cm³/mol. The van der Waals surface area contributed by atoms with E-state index >= 15 is 0 Å². The lowest BCUT2D eigenvalue weighted by atomic mass is 10.1. The van der Waals surface area contributed by atoms with Crippen molar-refractivity contribution in [2.24, 2.45) is 4.99 Å². The van der Waals surface area contributed by atoms with Gasteiger partial charge in [0.05, 0.1) is 12.1 Å². The molecule has 0 bridgehead atoms. The zero-order valence-electron chi connectivity index (χ0n) is 14.6. The molecule has 22 heavy (non-hydrogen) atoms. The molecule has 1 aromatic carbocycles. The van der Waals surface area contributed by atoms with Crippen LogP contribution in [0.15, 0.2) is 23.2 Å². The Balaban J connectivity index is 2.36. The van der Waals surface area contributed by atoms with Gasteiger partial charge in [-0.1, -0.05) is 18.2 Å². The first-order valence-electron chi connectivity index (χ1n) is 7.58. The summed E-state index contributed by atoms with van der Waals surface area (Å²) in [7, 11) is 3.46.